The number of amides is 2. The number of carbonyl (C=O) groups excluding carboxylic acids is 2. The SMILES string of the molecule is COc1ccc(F)cc1S(=O)(=O)N1CC(N)C(=O)N2C1=CN(C(C)C)C(=O)C2Cc1ccc(Cl)cc1. The molecule has 2 heterocycles. The minimum Gasteiger partial charge on any atom is -0.495 e. The highest BCUT2D eigenvalue weighted by Gasteiger charge is 2.49. The molecule has 0 spiro atoms. The molecule has 2 N–H and O–H groups in total. The number of sulfonamides is 1. The second-order valence-corrected chi connectivity index (χ2v) is 11.1. The van der Waals surface area contributed by atoms with E-state index in [4.69, 9.17) is 22.1 Å². The van der Waals surface area contributed by atoms with Crippen molar-refractivity contribution in [3.8, 4) is 5.75 Å². The first-order valence-electron chi connectivity index (χ1n) is 11.2. The Bertz CT molecular complexity index is 1330. The molecule has 192 valence electrons. The van der Waals surface area contributed by atoms with Crippen LogP contribution in [0.3, 0.4) is 0 Å². The molecule has 1 saturated heterocycles. The number of hydrogen-bond acceptors (Lipinski definition) is 6. The zero-order valence-corrected chi connectivity index (χ0v) is 21.5. The van der Waals surface area contributed by atoms with Gasteiger partial charge in [-0.3, -0.25) is 14.5 Å². The predicted octanol–water partition coefficient (Wildman–Crippen LogP) is 2.31. The summed E-state index contributed by atoms with van der Waals surface area (Å²) in [7, 11) is -3.18. The Hall–Kier alpha value is -3.15. The number of nitrogens with zero attached hydrogens (tertiary/aromatic N) is 3. The fraction of sp³-hybridized carbons (Fsp3) is 0.333. The van der Waals surface area contributed by atoms with Crippen molar-refractivity contribution in [2.45, 2.75) is 43.3 Å². The first kappa shape index (κ1) is 25.9. The topological polar surface area (TPSA) is 113 Å². The van der Waals surface area contributed by atoms with Crippen LogP contribution in [-0.2, 0) is 26.0 Å². The van der Waals surface area contributed by atoms with Gasteiger partial charge in [-0.15, -0.1) is 0 Å². The third kappa shape index (κ3) is 4.54. The second-order valence-electron chi connectivity index (χ2n) is 8.82. The summed E-state index contributed by atoms with van der Waals surface area (Å²) in [6.45, 7) is 3.15. The molecule has 1 fully saturated rings. The van der Waals surface area contributed by atoms with E-state index in [0.717, 1.165) is 26.9 Å². The van der Waals surface area contributed by atoms with Crippen molar-refractivity contribution >= 4 is 33.4 Å². The van der Waals surface area contributed by atoms with Crippen LogP contribution in [0.4, 0.5) is 4.39 Å². The number of nitrogens with two attached hydrogens (primary N) is 1. The Labute approximate surface area is 213 Å². The predicted molar refractivity (Wildman–Crippen MR) is 131 cm³/mol. The molecule has 2 aliphatic heterocycles. The molecule has 0 bridgehead atoms. The van der Waals surface area contributed by atoms with Gasteiger partial charge in [-0.1, -0.05) is 23.7 Å². The van der Waals surface area contributed by atoms with E-state index in [-0.39, 0.29) is 29.9 Å². The van der Waals surface area contributed by atoms with Crippen molar-refractivity contribution in [3.05, 3.63) is 70.9 Å². The highest BCUT2D eigenvalue weighted by molar-refractivity contribution is 7.89. The third-order valence-corrected chi connectivity index (χ3v) is 8.16. The number of carbonyl (C=O) groups is 2. The van der Waals surface area contributed by atoms with Crippen LogP contribution in [0, 0.1) is 5.82 Å². The van der Waals surface area contributed by atoms with E-state index in [1.54, 1.807) is 38.1 Å². The van der Waals surface area contributed by atoms with Gasteiger partial charge in [0.05, 0.1) is 13.7 Å². The summed E-state index contributed by atoms with van der Waals surface area (Å²) >= 11 is 5.99. The number of rotatable bonds is 6. The fourth-order valence-electron chi connectivity index (χ4n) is 4.29. The summed E-state index contributed by atoms with van der Waals surface area (Å²) in [6.07, 6.45) is 1.44. The summed E-state index contributed by atoms with van der Waals surface area (Å²) in [4.78, 5) is 28.9. The van der Waals surface area contributed by atoms with Crippen LogP contribution in [0.1, 0.15) is 19.4 Å². The Kier molecular flexibility index (Phi) is 7.00. The van der Waals surface area contributed by atoms with E-state index in [1.165, 1.54) is 24.3 Å². The van der Waals surface area contributed by atoms with Gasteiger partial charge in [0.15, 0.2) is 0 Å². The monoisotopic (exact) mass is 536 g/mol. The van der Waals surface area contributed by atoms with Crippen LogP contribution >= 0.6 is 11.6 Å². The number of benzene rings is 2. The smallest absolute Gasteiger partial charge is 0.269 e. The van der Waals surface area contributed by atoms with E-state index < -0.39 is 45.3 Å². The zero-order chi connectivity index (χ0) is 26.4. The third-order valence-electron chi connectivity index (χ3n) is 6.12. The van der Waals surface area contributed by atoms with E-state index in [1.807, 2.05) is 0 Å². The van der Waals surface area contributed by atoms with Crippen molar-refractivity contribution in [2.24, 2.45) is 5.73 Å². The summed E-state index contributed by atoms with van der Waals surface area (Å²) in [5.74, 6) is -1.86. The molecular formula is C24H26ClFN4O5S. The van der Waals surface area contributed by atoms with Gasteiger partial charge in [-0.05, 0) is 49.7 Å². The van der Waals surface area contributed by atoms with Gasteiger partial charge in [-0.2, -0.15) is 0 Å². The van der Waals surface area contributed by atoms with Crippen molar-refractivity contribution in [2.75, 3.05) is 13.7 Å². The Morgan fingerprint density at radius 3 is 2.42 bits per heavy atom. The first-order valence-corrected chi connectivity index (χ1v) is 13.0. The number of hydrogen-bond donors (Lipinski definition) is 1. The van der Waals surface area contributed by atoms with E-state index in [0.29, 0.717) is 5.02 Å². The quantitative estimate of drug-likeness (QED) is 0.606. The molecule has 2 aliphatic rings. The molecule has 2 amide bonds. The van der Waals surface area contributed by atoms with Crippen LogP contribution in [0.5, 0.6) is 5.75 Å². The van der Waals surface area contributed by atoms with Crippen LogP contribution in [0.25, 0.3) is 0 Å². The van der Waals surface area contributed by atoms with Crippen LogP contribution in [0.2, 0.25) is 5.02 Å². The number of halogens is 2. The number of ether oxygens (including phenoxy) is 1. The van der Waals surface area contributed by atoms with Crippen LogP contribution < -0.4 is 10.5 Å². The van der Waals surface area contributed by atoms with Gasteiger partial charge >= 0.3 is 0 Å². The molecule has 36 heavy (non-hydrogen) atoms. The molecule has 0 saturated carbocycles. The second kappa shape index (κ2) is 9.72. The van der Waals surface area contributed by atoms with Crippen molar-refractivity contribution in [3.63, 3.8) is 0 Å². The van der Waals surface area contributed by atoms with E-state index in [9.17, 15) is 22.4 Å². The molecule has 0 radical (unpaired) electrons. The van der Waals surface area contributed by atoms with Gasteiger partial charge < -0.3 is 15.4 Å². The average Bonchev–Trinajstić information content (AvgIpc) is 2.83. The van der Waals surface area contributed by atoms with E-state index >= 15 is 0 Å². The van der Waals surface area contributed by atoms with Crippen molar-refractivity contribution in [1.82, 2.24) is 14.1 Å². The standard InChI is InChI=1S/C24H26ClFN4O5S/c1-14(2)28-13-22-29(36(33,34)21-11-17(26)8-9-20(21)35-3)12-18(27)23(31)30(22)19(24(28)32)10-15-4-6-16(25)7-5-15/h4-9,11,13-14,18-19H,10,12,27H2,1-3H3. The van der Waals surface area contributed by atoms with Gasteiger partial charge in [-0.25, -0.2) is 17.1 Å². The Balaban J connectivity index is 1.86. The Morgan fingerprint density at radius 2 is 1.81 bits per heavy atom. The fourth-order valence-corrected chi connectivity index (χ4v) is 6.06. The highest BCUT2D eigenvalue weighted by Crippen LogP contribution is 2.36. The number of fused-ring (bicyclic) bond motifs is 1. The first-order chi connectivity index (χ1) is 16.9. The van der Waals surface area contributed by atoms with Gasteiger partial charge in [0, 0.05) is 23.7 Å². The summed E-state index contributed by atoms with van der Waals surface area (Å²) < 4.78 is 47.8. The molecule has 12 heteroatoms. The summed E-state index contributed by atoms with van der Waals surface area (Å²) in [5.41, 5.74) is 6.81. The molecule has 2 aromatic rings. The zero-order valence-electron chi connectivity index (χ0n) is 19.9. The molecular weight excluding hydrogens is 511 g/mol. The summed E-state index contributed by atoms with van der Waals surface area (Å²) in [6, 6.07) is 7.28. The van der Waals surface area contributed by atoms with Crippen LogP contribution in [0.15, 0.2) is 59.4 Å². The molecule has 0 aromatic heterocycles. The normalized spacial score (nSPS) is 20.5. The largest absolute Gasteiger partial charge is 0.495 e. The summed E-state index contributed by atoms with van der Waals surface area (Å²) in [5, 5.41) is 0.510. The highest BCUT2D eigenvalue weighted by atomic mass is 35.5. The molecule has 0 aliphatic carbocycles. The average molecular weight is 537 g/mol. The lowest BCUT2D eigenvalue weighted by Gasteiger charge is -2.48. The maximum absolute atomic E-state index is 14.1. The van der Waals surface area contributed by atoms with Crippen molar-refractivity contribution in [1.29, 1.82) is 0 Å². The maximum atomic E-state index is 14.1. The minimum absolute atomic E-state index is 0.0414. The van der Waals surface area contributed by atoms with Crippen molar-refractivity contribution < 1.29 is 27.1 Å². The molecule has 2 aromatic carbocycles. The van der Waals surface area contributed by atoms with E-state index in [2.05, 4.69) is 0 Å². The molecule has 4 rings (SSSR count). The Morgan fingerprint density at radius 1 is 1.14 bits per heavy atom. The number of methoxy groups -OCH3 is 1. The van der Waals surface area contributed by atoms with Gasteiger partial charge in [0.1, 0.15) is 34.4 Å². The minimum atomic E-state index is -4.45. The maximum Gasteiger partial charge on any atom is 0.269 e. The lowest BCUT2D eigenvalue weighted by molar-refractivity contribution is -0.149. The lowest BCUT2D eigenvalue weighted by atomic mass is 9.99. The molecule has 2 atom stereocenters. The van der Waals surface area contributed by atoms with Crippen LogP contribution in [-0.4, -0.2) is 66.1 Å². The molecule has 9 nitrogen and oxygen atoms in total. The lowest BCUT2D eigenvalue weighted by Crippen LogP contribution is -2.66. The van der Waals surface area contributed by atoms with Gasteiger partial charge in [0.25, 0.3) is 10.0 Å². The van der Waals surface area contributed by atoms with Gasteiger partial charge in [0.2, 0.25) is 11.8 Å². The molecule has 2 unspecified atom stereocenters.